The molecule has 0 atom stereocenters. The van der Waals surface area contributed by atoms with Gasteiger partial charge in [-0.1, -0.05) is 19.1 Å². The van der Waals surface area contributed by atoms with Crippen molar-refractivity contribution in [1.82, 2.24) is 15.2 Å². The van der Waals surface area contributed by atoms with Gasteiger partial charge in [-0.15, -0.1) is 24.0 Å². The summed E-state index contributed by atoms with van der Waals surface area (Å²) in [6.45, 7) is 6.24. The van der Waals surface area contributed by atoms with Gasteiger partial charge in [-0.2, -0.15) is 0 Å². The molecule has 0 spiro atoms. The second-order valence-corrected chi connectivity index (χ2v) is 7.30. The van der Waals surface area contributed by atoms with Gasteiger partial charge >= 0.3 is 0 Å². The standard InChI is InChI=1S/C21H31N5.HI/c1-17-8-12-26(13-9-17)20-6-4-18(5-7-20)14-23-21(22-2)24-15-19-10-11-25(3)16-19;/h4-7,10-11,16-17H,8-9,12-15H2,1-3H3,(H2,22,23,24);1H. The smallest absolute Gasteiger partial charge is 0.191 e. The van der Waals surface area contributed by atoms with Crippen molar-refractivity contribution in [3.8, 4) is 0 Å². The minimum atomic E-state index is 0. The van der Waals surface area contributed by atoms with Crippen molar-refractivity contribution in [3.63, 3.8) is 0 Å². The Kier molecular flexibility index (Phi) is 8.47. The summed E-state index contributed by atoms with van der Waals surface area (Å²) >= 11 is 0. The van der Waals surface area contributed by atoms with E-state index in [-0.39, 0.29) is 24.0 Å². The first kappa shape index (κ1) is 21.6. The average molecular weight is 481 g/mol. The third kappa shape index (κ3) is 6.45. The molecule has 5 nitrogen and oxygen atoms in total. The van der Waals surface area contributed by atoms with Crippen LogP contribution in [0.1, 0.15) is 30.9 Å². The van der Waals surface area contributed by atoms with E-state index in [1.54, 1.807) is 7.05 Å². The Bertz CT molecular complexity index is 714. The highest BCUT2D eigenvalue weighted by Gasteiger charge is 2.15. The fraction of sp³-hybridized carbons (Fsp3) is 0.476. The van der Waals surface area contributed by atoms with Crippen molar-refractivity contribution in [2.45, 2.75) is 32.9 Å². The highest BCUT2D eigenvalue weighted by Crippen LogP contribution is 2.23. The molecule has 148 valence electrons. The highest BCUT2D eigenvalue weighted by molar-refractivity contribution is 14.0. The molecule has 1 aromatic heterocycles. The zero-order chi connectivity index (χ0) is 18.4. The van der Waals surface area contributed by atoms with Crippen LogP contribution in [-0.2, 0) is 20.1 Å². The fourth-order valence-electron chi connectivity index (χ4n) is 3.35. The molecule has 0 unspecified atom stereocenters. The third-order valence-corrected chi connectivity index (χ3v) is 5.12. The van der Waals surface area contributed by atoms with Crippen LogP contribution in [0.5, 0.6) is 0 Å². The van der Waals surface area contributed by atoms with E-state index in [0.717, 1.165) is 25.0 Å². The highest BCUT2D eigenvalue weighted by atomic mass is 127. The zero-order valence-electron chi connectivity index (χ0n) is 16.6. The third-order valence-electron chi connectivity index (χ3n) is 5.12. The molecule has 0 radical (unpaired) electrons. The summed E-state index contributed by atoms with van der Waals surface area (Å²) in [7, 11) is 3.84. The van der Waals surface area contributed by atoms with Gasteiger partial charge in [0.1, 0.15) is 0 Å². The molecule has 0 saturated carbocycles. The molecule has 0 amide bonds. The maximum absolute atomic E-state index is 4.30. The number of aromatic nitrogens is 1. The van der Waals surface area contributed by atoms with Crippen molar-refractivity contribution < 1.29 is 0 Å². The van der Waals surface area contributed by atoms with Crippen LogP contribution in [0.25, 0.3) is 0 Å². The lowest BCUT2D eigenvalue weighted by atomic mass is 9.99. The number of nitrogens with zero attached hydrogens (tertiary/aromatic N) is 3. The van der Waals surface area contributed by atoms with E-state index in [1.807, 2.05) is 7.05 Å². The number of anilines is 1. The van der Waals surface area contributed by atoms with Gasteiger partial charge in [0.2, 0.25) is 0 Å². The van der Waals surface area contributed by atoms with Gasteiger partial charge in [0, 0.05) is 58.4 Å². The lowest BCUT2D eigenvalue weighted by Gasteiger charge is -2.32. The van der Waals surface area contributed by atoms with Crippen molar-refractivity contribution >= 4 is 35.6 Å². The summed E-state index contributed by atoms with van der Waals surface area (Å²) < 4.78 is 2.05. The number of benzene rings is 1. The van der Waals surface area contributed by atoms with E-state index in [0.29, 0.717) is 0 Å². The largest absolute Gasteiger partial charge is 0.372 e. The topological polar surface area (TPSA) is 44.6 Å². The second kappa shape index (κ2) is 10.6. The molecule has 1 aliphatic rings. The average Bonchev–Trinajstić information content (AvgIpc) is 3.08. The van der Waals surface area contributed by atoms with Gasteiger partial charge in [0.25, 0.3) is 0 Å². The van der Waals surface area contributed by atoms with Crippen LogP contribution in [0.4, 0.5) is 5.69 Å². The molecule has 6 heteroatoms. The van der Waals surface area contributed by atoms with Gasteiger partial charge in [0.05, 0.1) is 0 Å². The zero-order valence-corrected chi connectivity index (χ0v) is 18.9. The van der Waals surface area contributed by atoms with Crippen LogP contribution < -0.4 is 15.5 Å². The van der Waals surface area contributed by atoms with Crippen LogP contribution in [0.2, 0.25) is 0 Å². The summed E-state index contributed by atoms with van der Waals surface area (Å²) in [5.74, 6) is 1.69. The van der Waals surface area contributed by atoms with Gasteiger partial charge in [-0.3, -0.25) is 4.99 Å². The van der Waals surface area contributed by atoms with Crippen LogP contribution >= 0.6 is 24.0 Å². The number of aryl methyl sites for hydroxylation is 1. The molecule has 1 fully saturated rings. The number of guanidine groups is 1. The Morgan fingerprint density at radius 1 is 1.04 bits per heavy atom. The summed E-state index contributed by atoms with van der Waals surface area (Å²) in [6.07, 6.45) is 6.76. The molecular weight excluding hydrogens is 449 g/mol. The lowest BCUT2D eigenvalue weighted by molar-refractivity contribution is 0.438. The van der Waals surface area contributed by atoms with Crippen molar-refractivity contribution in [1.29, 1.82) is 0 Å². The van der Waals surface area contributed by atoms with E-state index in [4.69, 9.17) is 0 Å². The van der Waals surface area contributed by atoms with Crippen LogP contribution in [0.15, 0.2) is 47.7 Å². The van der Waals surface area contributed by atoms with E-state index in [1.165, 1.54) is 42.7 Å². The predicted molar refractivity (Wildman–Crippen MR) is 125 cm³/mol. The number of halogens is 1. The van der Waals surface area contributed by atoms with Gasteiger partial charge in [0.15, 0.2) is 5.96 Å². The number of hydrogen-bond acceptors (Lipinski definition) is 2. The molecule has 0 aliphatic carbocycles. The Labute approximate surface area is 180 Å². The minimum Gasteiger partial charge on any atom is -0.372 e. The molecular formula is C21H32IN5. The van der Waals surface area contributed by atoms with Crippen LogP contribution in [0.3, 0.4) is 0 Å². The molecule has 2 aromatic rings. The predicted octanol–water partition coefficient (Wildman–Crippen LogP) is 3.74. The van der Waals surface area contributed by atoms with Crippen LogP contribution in [0, 0.1) is 5.92 Å². The molecule has 1 aromatic carbocycles. The number of rotatable bonds is 5. The van der Waals surface area contributed by atoms with Crippen molar-refractivity contribution in [3.05, 3.63) is 53.9 Å². The Morgan fingerprint density at radius 3 is 2.22 bits per heavy atom. The van der Waals surface area contributed by atoms with Gasteiger partial charge in [-0.05, 0) is 48.1 Å². The lowest BCUT2D eigenvalue weighted by Crippen LogP contribution is -2.36. The molecule has 2 heterocycles. The minimum absolute atomic E-state index is 0. The SMILES string of the molecule is CN=C(NCc1ccc(N2CCC(C)CC2)cc1)NCc1ccn(C)c1.I. The molecule has 27 heavy (non-hydrogen) atoms. The monoisotopic (exact) mass is 481 g/mol. The second-order valence-electron chi connectivity index (χ2n) is 7.30. The number of hydrogen-bond donors (Lipinski definition) is 2. The maximum atomic E-state index is 4.30. The first-order valence-electron chi connectivity index (χ1n) is 9.53. The van der Waals surface area contributed by atoms with Gasteiger partial charge in [-0.25, -0.2) is 0 Å². The van der Waals surface area contributed by atoms with Gasteiger partial charge < -0.3 is 20.1 Å². The van der Waals surface area contributed by atoms with E-state index in [9.17, 15) is 0 Å². The summed E-state index contributed by atoms with van der Waals surface area (Å²) in [6, 6.07) is 11.0. The van der Waals surface area contributed by atoms with Crippen molar-refractivity contribution in [2.24, 2.45) is 18.0 Å². The first-order chi connectivity index (χ1) is 12.6. The number of nitrogens with one attached hydrogen (secondary N) is 2. The molecule has 3 rings (SSSR count). The van der Waals surface area contributed by atoms with E-state index >= 15 is 0 Å². The maximum Gasteiger partial charge on any atom is 0.191 e. The summed E-state index contributed by atoms with van der Waals surface area (Å²) in [4.78, 5) is 6.80. The quantitative estimate of drug-likeness (QED) is 0.389. The summed E-state index contributed by atoms with van der Waals surface area (Å²) in [5.41, 5.74) is 3.85. The van der Waals surface area contributed by atoms with E-state index < -0.39 is 0 Å². The van der Waals surface area contributed by atoms with Crippen molar-refractivity contribution in [2.75, 3.05) is 25.0 Å². The van der Waals surface area contributed by atoms with Crippen LogP contribution in [-0.4, -0.2) is 30.7 Å². The Morgan fingerprint density at radius 2 is 1.67 bits per heavy atom. The van der Waals surface area contributed by atoms with E-state index in [2.05, 4.69) is 74.7 Å². The number of piperidine rings is 1. The normalized spacial score (nSPS) is 15.4. The Hall–Kier alpha value is -1.70. The molecule has 0 bridgehead atoms. The Balaban J connectivity index is 0.00000261. The number of aliphatic imine (C=N–C) groups is 1. The summed E-state index contributed by atoms with van der Waals surface area (Å²) in [5, 5.41) is 6.74. The molecule has 1 saturated heterocycles. The molecule has 2 N–H and O–H groups in total. The molecule has 1 aliphatic heterocycles. The first-order valence-corrected chi connectivity index (χ1v) is 9.53. The fourth-order valence-corrected chi connectivity index (χ4v) is 3.35.